The summed E-state index contributed by atoms with van der Waals surface area (Å²) in [5, 5.41) is 120. The van der Waals surface area contributed by atoms with Gasteiger partial charge in [0.25, 0.3) is 0 Å². The maximum atomic E-state index is 13.3. The molecule has 19 heteroatoms. The van der Waals surface area contributed by atoms with E-state index in [4.69, 9.17) is 28.4 Å². The summed E-state index contributed by atoms with van der Waals surface area (Å²) in [6.45, 7) is 1.58. The Morgan fingerprint density at radius 3 is 1.20 bits per heavy atom. The topological polar surface area (TPSA) is 307 Å². The van der Waals surface area contributed by atoms with Gasteiger partial charge in [0.1, 0.15) is 73.2 Å². The Hall–Kier alpha value is -3.29. The Balaban J connectivity index is 1.26. The second-order valence-corrected chi connectivity index (χ2v) is 24.3. The number of aliphatic hydroxyl groups excluding tert-OH is 11. The van der Waals surface area contributed by atoms with Crippen molar-refractivity contribution in [2.45, 2.75) is 317 Å². The highest BCUT2D eigenvalue weighted by molar-refractivity contribution is 5.76. The van der Waals surface area contributed by atoms with E-state index in [1.165, 1.54) is 64.2 Å². The van der Waals surface area contributed by atoms with E-state index in [1.807, 2.05) is 0 Å². The number of amides is 1. The molecule has 90 heavy (non-hydrogen) atoms. The van der Waals surface area contributed by atoms with E-state index in [1.54, 1.807) is 0 Å². The quantitative estimate of drug-likeness (QED) is 0.0200. The minimum Gasteiger partial charge on any atom is -0.394 e. The van der Waals surface area contributed by atoms with E-state index in [-0.39, 0.29) is 18.9 Å². The molecule has 12 N–H and O–H groups in total. The maximum absolute atomic E-state index is 13.3. The van der Waals surface area contributed by atoms with Gasteiger partial charge in [-0.05, 0) is 77.0 Å². The van der Waals surface area contributed by atoms with Crippen LogP contribution in [0.15, 0.2) is 97.2 Å². The molecule has 17 atom stereocenters. The highest BCUT2D eigenvalue weighted by atomic mass is 16.8. The van der Waals surface area contributed by atoms with Gasteiger partial charge < -0.3 is 89.9 Å². The van der Waals surface area contributed by atoms with Crippen LogP contribution in [0.2, 0.25) is 0 Å². The third-order valence-electron chi connectivity index (χ3n) is 16.7. The van der Waals surface area contributed by atoms with Gasteiger partial charge >= 0.3 is 0 Å². The summed E-state index contributed by atoms with van der Waals surface area (Å²) >= 11 is 0. The van der Waals surface area contributed by atoms with Crippen molar-refractivity contribution in [3.63, 3.8) is 0 Å². The average Bonchev–Trinajstić information content (AvgIpc) is 1.11. The van der Waals surface area contributed by atoms with Crippen LogP contribution >= 0.6 is 0 Å². The monoisotopic (exact) mass is 1280 g/mol. The van der Waals surface area contributed by atoms with Crippen molar-refractivity contribution in [1.29, 1.82) is 0 Å². The second-order valence-electron chi connectivity index (χ2n) is 24.3. The minimum atomic E-state index is -1.97. The van der Waals surface area contributed by atoms with E-state index in [9.17, 15) is 61.0 Å². The lowest BCUT2D eigenvalue weighted by atomic mass is 9.96. The van der Waals surface area contributed by atoms with Crippen LogP contribution in [0.4, 0.5) is 0 Å². The molecule has 3 heterocycles. The van der Waals surface area contributed by atoms with Crippen molar-refractivity contribution >= 4 is 5.91 Å². The number of hydrogen-bond donors (Lipinski definition) is 12. The van der Waals surface area contributed by atoms with Crippen LogP contribution in [-0.2, 0) is 33.2 Å². The third kappa shape index (κ3) is 33.7. The number of unbranched alkanes of at least 4 members (excludes halogenated alkanes) is 19. The fourth-order valence-corrected chi connectivity index (χ4v) is 11.1. The van der Waals surface area contributed by atoms with Crippen LogP contribution in [-0.4, -0.2) is 193 Å². The number of ether oxygens (including phenoxy) is 6. The zero-order valence-corrected chi connectivity index (χ0v) is 54.6. The van der Waals surface area contributed by atoms with Crippen LogP contribution in [0.3, 0.4) is 0 Å². The Morgan fingerprint density at radius 2 is 0.767 bits per heavy atom. The predicted octanol–water partition coefficient (Wildman–Crippen LogP) is 8.88. The smallest absolute Gasteiger partial charge is 0.220 e. The third-order valence-corrected chi connectivity index (χ3v) is 16.7. The molecule has 0 aromatic carbocycles. The number of aliphatic hydroxyl groups is 11. The molecular weight excluding hydrogens is 1150 g/mol. The van der Waals surface area contributed by atoms with Gasteiger partial charge in [-0.2, -0.15) is 0 Å². The molecule has 3 saturated heterocycles. The molecule has 1 amide bonds. The van der Waals surface area contributed by atoms with Crippen molar-refractivity contribution in [2.75, 3.05) is 26.4 Å². The van der Waals surface area contributed by atoms with E-state index < -0.39 is 124 Å². The molecule has 3 aliphatic rings. The molecule has 0 aromatic rings. The van der Waals surface area contributed by atoms with Gasteiger partial charge in [-0.15, -0.1) is 0 Å². The van der Waals surface area contributed by atoms with Crippen molar-refractivity contribution in [1.82, 2.24) is 5.32 Å². The molecule has 0 bridgehead atoms. The number of rotatable bonds is 51. The van der Waals surface area contributed by atoms with Gasteiger partial charge in [-0.25, -0.2) is 0 Å². The first-order valence-corrected chi connectivity index (χ1v) is 34.5. The average molecular weight is 1280 g/mol. The van der Waals surface area contributed by atoms with Crippen molar-refractivity contribution in [3.05, 3.63) is 97.2 Å². The summed E-state index contributed by atoms with van der Waals surface area (Å²) in [6.07, 6.45) is 41.4. The van der Waals surface area contributed by atoms with Gasteiger partial charge in [-0.1, -0.05) is 227 Å². The zero-order valence-electron chi connectivity index (χ0n) is 54.6. The minimum absolute atomic E-state index is 0.253. The highest BCUT2D eigenvalue weighted by Crippen LogP contribution is 2.33. The SMILES string of the molecule is CC/C=C\C/C=C\C/C=C\C/C=C\C/C=C\C/C=C\C/C=C\C/C=C\CCCCCCCCCCCCCCCCC(=O)NC(COC1OC(CO)C(OC2OC(CO)C(OC3OC(CO)C(O)C(O)C3O)C(O)C2O)C(O)C1O)C(O)CCCCCCCC. The van der Waals surface area contributed by atoms with Crippen LogP contribution in [0.1, 0.15) is 213 Å². The van der Waals surface area contributed by atoms with Gasteiger partial charge in [-0.3, -0.25) is 4.79 Å². The lowest BCUT2D eigenvalue weighted by Gasteiger charge is -2.48. The normalized spacial score (nSPS) is 28.7. The first-order valence-electron chi connectivity index (χ1n) is 34.5. The molecule has 0 aromatic heterocycles. The molecule has 518 valence electrons. The summed E-state index contributed by atoms with van der Waals surface area (Å²) in [4.78, 5) is 13.3. The number of allylic oxidation sites excluding steroid dienone is 16. The lowest BCUT2D eigenvalue weighted by Crippen LogP contribution is -2.66. The summed E-state index contributed by atoms with van der Waals surface area (Å²) in [7, 11) is 0. The van der Waals surface area contributed by atoms with Crippen LogP contribution in [0.25, 0.3) is 0 Å². The first-order chi connectivity index (χ1) is 43.8. The fraction of sp³-hybridized carbons (Fsp3) is 0.761. The Labute approximate surface area is 539 Å². The molecule has 0 saturated carbocycles. The van der Waals surface area contributed by atoms with Gasteiger partial charge in [0.15, 0.2) is 18.9 Å². The molecular formula is C71H121NO18. The number of nitrogens with one attached hydrogen (secondary N) is 1. The Bertz CT molecular complexity index is 2010. The zero-order chi connectivity index (χ0) is 65.4. The van der Waals surface area contributed by atoms with Crippen LogP contribution < -0.4 is 5.32 Å². The molecule has 3 fully saturated rings. The van der Waals surface area contributed by atoms with E-state index in [2.05, 4.69) is 116 Å². The van der Waals surface area contributed by atoms with E-state index in [0.29, 0.717) is 12.8 Å². The predicted molar refractivity (Wildman–Crippen MR) is 351 cm³/mol. The molecule has 0 spiro atoms. The number of carbonyl (C=O) groups excluding carboxylic acids is 1. The summed E-state index contributed by atoms with van der Waals surface area (Å²) in [6, 6.07) is -0.888. The van der Waals surface area contributed by atoms with Crippen LogP contribution in [0, 0.1) is 0 Å². The molecule has 19 nitrogen and oxygen atoms in total. The standard InChI is InChI=1S/C71H121NO18/c1-3-5-7-9-11-12-13-14-15-16-17-18-19-20-21-22-23-24-25-26-27-28-29-30-31-32-33-34-35-36-37-38-39-40-41-42-43-45-47-49-59(77)72-54(55(76)48-46-44-10-8-6-4-2)53-85-69-65(83)62(80)67(57(51-74)87-69)90-71-66(84)63(81)68(58(52-75)88-71)89-70-64(82)61(79)60(78)56(50-73)86-70/h5,7,11-12,14-15,17-18,20-21,23-24,26-27,29-30,54-58,60-71,73-76,78-84H,3-4,6,8-10,13,16,19,22,25,28,31-53H2,1-2H3,(H,72,77)/b7-5-,12-11-,15-14-,18-17-,21-20-,24-23-,27-26-,30-29-. The summed E-state index contributed by atoms with van der Waals surface area (Å²) < 4.78 is 34.2. The molecule has 3 rings (SSSR count). The van der Waals surface area contributed by atoms with Gasteiger partial charge in [0, 0.05) is 6.42 Å². The Morgan fingerprint density at radius 1 is 0.411 bits per heavy atom. The van der Waals surface area contributed by atoms with E-state index >= 15 is 0 Å². The number of hydrogen-bond acceptors (Lipinski definition) is 18. The van der Waals surface area contributed by atoms with Crippen molar-refractivity contribution in [2.24, 2.45) is 0 Å². The second kappa shape index (κ2) is 52.0. The van der Waals surface area contributed by atoms with Gasteiger partial charge in [0.05, 0.1) is 38.6 Å². The summed E-state index contributed by atoms with van der Waals surface area (Å²) in [5.41, 5.74) is 0. The highest BCUT2D eigenvalue weighted by Gasteiger charge is 2.53. The molecule has 0 radical (unpaired) electrons. The van der Waals surface area contributed by atoms with Crippen molar-refractivity contribution in [3.8, 4) is 0 Å². The molecule has 3 aliphatic heterocycles. The maximum Gasteiger partial charge on any atom is 0.220 e. The summed E-state index contributed by atoms with van der Waals surface area (Å²) in [5.74, 6) is -0.253. The number of carbonyl (C=O) groups is 1. The Kier molecular flexibility index (Phi) is 46.8. The fourth-order valence-electron chi connectivity index (χ4n) is 11.1. The molecule has 17 unspecified atom stereocenters. The lowest BCUT2D eigenvalue weighted by molar-refractivity contribution is -0.379. The van der Waals surface area contributed by atoms with Crippen LogP contribution in [0.5, 0.6) is 0 Å². The first kappa shape index (κ1) is 80.9. The van der Waals surface area contributed by atoms with E-state index in [0.717, 1.165) is 116 Å². The largest absolute Gasteiger partial charge is 0.394 e. The molecule has 0 aliphatic carbocycles. The van der Waals surface area contributed by atoms with Gasteiger partial charge in [0.2, 0.25) is 5.91 Å². The van der Waals surface area contributed by atoms with Crippen molar-refractivity contribution < 1.29 is 89.4 Å².